The largest absolute Gasteiger partial charge is 0.342 e. The van der Waals surface area contributed by atoms with Crippen LogP contribution < -0.4 is 0 Å². The topological polar surface area (TPSA) is 60.9 Å². The van der Waals surface area contributed by atoms with Crippen LogP contribution in [0.5, 0.6) is 0 Å². The van der Waals surface area contributed by atoms with Gasteiger partial charge in [-0.15, -0.1) is 11.8 Å². The van der Waals surface area contributed by atoms with Crippen molar-refractivity contribution in [1.82, 2.24) is 14.7 Å². The van der Waals surface area contributed by atoms with Crippen molar-refractivity contribution in [3.8, 4) is 0 Å². The summed E-state index contributed by atoms with van der Waals surface area (Å²) >= 11 is 1.45. The maximum atomic E-state index is 13.1. The number of hydrogen-bond acceptors (Lipinski definition) is 4. The van der Waals surface area contributed by atoms with Crippen molar-refractivity contribution < 1.29 is 14.4 Å². The molecular weight excluding hydrogens is 374 g/mol. The molecule has 0 unspecified atom stereocenters. The first-order valence-corrected chi connectivity index (χ1v) is 11.2. The van der Waals surface area contributed by atoms with Gasteiger partial charge in [0.15, 0.2) is 0 Å². The number of hydrogen-bond donors (Lipinski definition) is 0. The van der Waals surface area contributed by atoms with Gasteiger partial charge in [0.2, 0.25) is 11.8 Å². The molecule has 3 amide bonds. The molecule has 0 radical (unpaired) electrons. The predicted octanol–water partition coefficient (Wildman–Crippen LogP) is 2.10. The summed E-state index contributed by atoms with van der Waals surface area (Å²) in [6, 6.07) is 7.53. The van der Waals surface area contributed by atoms with Crippen molar-refractivity contribution in [2.75, 3.05) is 45.0 Å². The van der Waals surface area contributed by atoms with Crippen molar-refractivity contribution in [3.05, 3.63) is 29.8 Å². The van der Waals surface area contributed by atoms with Crippen LogP contribution in [0.15, 0.2) is 29.2 Å². The quantitative estimate of drug-likeness (QED) is 0.709. The molecule has 1 aliphatic carbocycles. The normalized spacial score (nSPS) is 19.8. The van der Waals surface area contributed by atoms with Gasteiger partial charge in [-0.05, 0) is 37.8 Å². The number of carbonyl (C=O) groups excluding carboxylic acids is 3. The Balaban J connectivity index is 1.35. The lowest BCUT2D eigenvalue weighted by Gasteiger charge is -2.35. The first kappa shape index (κ1) is 19.3. The lowest BCUT2D eigenvalue weighted by atomic mass is 10.1. The van der Waals surface area contributed by atoms with E-state index < -0.39 is 0 Å². The van der Waals surface area contributed by atoms with Crippen LogP contribution in [0.4, 0.5) is 0 Å². The van der Waals surface area contributed by atoms with Crippen molar-refractivity contribution >= 4 is 29.5 Å². The number of benzene rings is 1. The fraction of sp³-hybridized carbons (Fsp3) is 0.571. The summed E-state index contributed by atoms with van der Waals surface area (Å²) in [5.74, 6) is 0.997. The number of nitrogens with zero attached hydrogens (tertiary/aromatic N) is 3. The van der Waals surface area contributed by atoms with Gasteiger partial charge in [0.1, 0.15) is 0 Å². The SMILES string of the molecule is O=C(CSc1ccccc1C(=O)N1CCN(C(=O)C2CC2)CC1)N1CCCC1. The zero-order chi connectivity index (χ0) is 19.5. The second-order valence-electron chi connectivity index (χ2n) is 7.76. The van der Waals surface area contributed by atoms with Crippen LogP contribution in [0, 0.1) is 5.92 Å². The molecular formula is C21H27N3O3S. The second-order valence-corrected chi connectivity index (χ2v) is 8.78. The first-order valence-electron chi connectivity index (χ1n) is 10.2. The van der Waals surface area contributed by atoms with Gasteiger partial charge in [-0.2, -0.15) is 0 Å². The Labute approximate surface area is 170 Å². The summed E-state index contributed by atoms with van der Waals surface area (Å²) in [5.41, 5.74) is 0.656. The predicted molar refractivity (Wildman–Crippen MR) is 108 cm³/mol. The molecule has 0 atom stereocenters. The van der Waals surface area contributed by atoms with Gasteiger partial charge >= 0.3 is 0 Å². The Hall–Kier alpha value is -2.02. The number of thioether (sulfide) groups is 1. The lowest BCUT2D eigenvalue weighted by Crippen LogP contribution is -2.51. The van der Waals surface area contributed by atoms with Crippen LogP contribution in [-0.2, 0) is 9.59 Å². The minimum absolute atomic E-state index is 0.00441. The Morgan fingerprint density at radius 3 is 2.18 bits per heavy atom. The van der Waals surface area contributed by atoms with Crippen LogP contribution in [0.1, 0.15) is 36.0 Å². The van der Waals surface area contributed by atoms with Crippen LogP contribution in [-0.4, -0.2) is 77.4 Å². The molecule has 28 heavy (non-hydrogen) atoms. The van der Waals surface area contributed by atoms with E-state index in [1.165, 1.54) is 11.8 Å². The van der Waals surface area contributed by atoms with Crippen molar-refractivity contribution in [2.45, 2.75) is 30.6 Å². The van der Waals surface area contributed by atoms with E-state index in [0.29, 0.717) is 37.5 Å². The maximum Gasteiger partial charge on any atom is 0.255 e. The molecule has 3 aliphatic rings. The summed E-state index contributed by atoms with van der Waals surface area (Å²) in [6.45, 7) is 4.08. The number of rotatable bonds is 5. The fourth-order valence-corrected chi connectivity index (χ4v) is 4.80. The molecule has 1 aromatic carbocycles. The van der Waals surface area contributed by atoms with Crippen LogP contribution in [0.2, 0.25) is 0 Å². The molecule has 0 aromatic heterocycles. The lowest BCUT2D eigenvalue weighted by molar-refractivity contribution is -0.134. The van der Waals surface area contributed by atoms with E-state index >= 15 is 0 Å². The van der Waals surface area contributed by atoms with E-state index in [9.17, 15) is 14.4 Å². The third-order valence-electron chi connectivity index (χ3n) is 5.73. The van der Waals surface area contributed by atoms with E-state index in [1.807, 2.05) is 39.0 Å². The Morgan fingerprint density at radius 1 is 0.857 bits per heavy atom. The maximum absolute atomic E-state index is 13.1. The molecule has 0 N–H and O–H groups in total. The molecule has 1 aromatic rings. The summed E-state index contributed by atoms with van der Waals surface area (Å²) in [7, 11) is 0. The number of likely N-dealkylation sites (tertiary alicyclic amines) is 1. The van der Waals surface area contributed by atoms with Crippen LogP contribution >= 0.6 is 11.8 Å². The van der Waals surface area contributed by atoms with E-state index in [4.69, 9.17) is 0 Å². The first-order chi connectivity index (χ1) is 13.6. The monoisotopic (exact) mass is 401 g/mol. The highest BCUT2D eigenvalue weighted by Gasteiger charge is 2.35. The molecule has 3 fully saturated rings. The Kier molecular flexibility index (Phi) is 5.90. The minimum Gasteiger partial charge on any atom is -0.342 e. The number of amides is 3. The molecule has 150 valence electrons. The second kappa shape index (κ2) is 8.55. The van der Waals surface area contributed by atoms with Crippen molar-refractivity contribution in [3.63, 3.8) is 0 Å². The highest BCUT2D eigenvalue weighted by atomic mass is 32.2. The van der Waals surface area contributed by atoms with E-state index in [2.05, 4.69) is 0 Å². The van der Waals surface area contributed by atoms with Gasteiger partial charge in [0.25, 0.3) is 5.91 Å². The summed E-state index contributed by atoms with van der Waals surface area (Å²) in [5, 5.41) is 0. The standard InChI is InChI=1S/C21H27N3O3S/c25-19(22-9-3-4-10-22)15-28-18-6-2-1-5-17(18)21(27)24-13-11-23(12-14-24)20(26)16-7-8-16/h1-2,5-6,16H,3-4,7-15H2. The minimum atomic E-state index is -0.00441. The Bertz CT molecular complexity index is 751. The molecule has 4 rings (SSSR count). The molecule has 0 spiro atoms. The summed E-state index contributed by atoms with van der Waals surface area (Å²) < 4.78 is 0. The highest BCUT2D eigenvalue weighted by molar-refractivity contribution is 8.00. The third kappa shape index (κ3) is 4.35. The average Bonchev–Trinajstić information content (AvgIpc) is 3.45. The van der Waals surface area contributed by atoms with Gasteiger partial charge in [-0.3, -0.25) is 14.4 Å². The summed E-state index contributed by atoms with van der Waals surface area (Å²) in [4.78, 5) is 44.1. The van der Waals surface area contributed by atoms with Crippen LogP contribution in [0.25, 0.3) is 0 Å². The molecule has 2 heterocycles. The Morgan fingerprint density at radius 2 is 1.50 bits per heavy atom. The summed E-state index contributed by atoms with van der Waals surface area (Å²) in [6.07, 6.45) is 4.19. The van der Waals surface area contributed by atoms with E-state index in [-0.39, 0.29) is 23.6 Å². The van der Waals surface area contributed by atoms with Gasteiger partial charge in [0, 0.05) is 50.1 Å². The highest BCUT2D eigenvalue weighted by Crippen LogP contribution is 2.31. The van der Waals surface area contributed by atoms with Crippen LogP contribution in [0.3, 0.4) is 0 Å². The van der Waals surface area contributed by atoms with Crippen molar-refractivity contribution in [2.24, 2.45) is 5.92 Å². The smallest absolute Gasteiger partial charge is 0.255 e. The molecule has 2 aliphatic heterocycles. The van der Waals surface area contributed by atoms with Crippen molar-refractivity contribution in [1.29, 1.82) is 0 Å². The van der Waals surface area contributed by atoms with Gasteiger partial charge in [-0.1, -0.05) is 12.1 Å². The van der Waals surface area contributed by atoms with Gasteiger partial charge in [-0.25, -0.2) is 0 Å². The zero-order valence-corrected chi connectivity index (χ0v) is 17.0. The average molecular weight is 402 g/mol. The molecule has 6 nitrogen and oxygen atoms in total. The molecule has 7 heteroatoms. The van der Waals surface area contributed by atoms with E-state index in [1.54, 1.807) is 0 Å². The molecule has 1 saturated carbocycles. The molecule has 0 bridgehead atoms. The molecule has 2 saturated heterocycles. The fourth-order valence-electron chi connectivity index (χ4n) is 3.86. The third-order valence-corrected chi connectivity index (χ3v) is 6.79. The van der Waals surface area contributed by atoms with Gasteiger partial charge in [0.05, 0.1) is 11.3 Å². The zero-order valence-electron chi connectivity index (χ0n) is 16.1. The number of carbonyl (C=O) groups is 3. The van der Waals surface area contributed by atoms with Gasteiger partial charge < -0.3 is 14.7 Å². The number of piperazine rings is 1. The van der Waals surface area contributed by atoms with E-state index in [0.717, 1.165) is 43.7 Å².